The standard InChI is InChI=1S/C22H27BrO6/c23-11-12-27-22-20(25)19(24)21(28-14-17-9-5-2-6-10-17)18(29-22)15-26-13-16-7-3-1-4-8-16/h1-10,18-22,24-25H,11-15H2/t18?,19?,20?,21-,22+/m1/s1. The molecule has 0 amide bonds. The largest absolute Gasteiger partial charge is 0.387 e. The van der Waals surface area contributed by atoms with Crippen molar-refractivity contribution in [1.82, 2.24) is 0 Å². The molecule has 2 aromatic rings. The first-order valence-corrected chi connectivity index (χ1v) is 10.8. The van der Waals surface area contributed by atoms with Gasteiger partial charge in [0, 0.05) is 5.33 Å². The Balaban J connectivity index is 1.63. The van der Waals surface area contributed by atoms with Gasteiger partial charge in [-0.15, -0.1) is 0 Å². The monoisotopic (exact) mass is 466 g/mol. The predicted octanol–water partition coefficient (Wildman–Crippen LogP) is 2.65. The molecule has 1 heterocycles. The normalized spacial score (nSPS) is 27.1. The molecule has 2 aromatic carbocycles. The fraction of sp³-hybridized carbons (Fsp3) is 0.455. The van der Waals surface area contributed by atoms with E-state index in [1.807, 2.05) is 60.7 Å². The van der Waals surface area contributed by atoms with E-state index in [9.17, 15) is 10.2 Å². The molecule has 0 spiro atoms. The van der Waals surface area contributed by atoms with Crippen LogP contribution in [0.5, 0.6) is 0 Å². The Morgan fingerprint density at radius 1 is 0.828 bits per heavy atom. The molecule has 29 heavy (non-hydrogen) atoms. The average Bonchev–Trinajstić information content (AvgIpc) is 2.76. The number of ether oxygens (including phenoxy) is 4. The Hall–Kier alpha value is -1.32. The summed E-state index contributed by atoms with van der Waals surface area (Å²) in [6.45, 7) is 1.26. The first-order valence-electron chi connectivity index (χ1n) is 9.65. The molecule has 0 radical (unpaired) electrons. The lowest BCUT2D eigenvalue weighted by molar-refractivity contribution is -0.309. The van der Waals surface area contributed by atoms with Gasteiger partial charge in [-0.3, -0.25) is 0 Å². The highest BCUT2D eigenvalue weighted by molar-refractivity contribution is 9.09. The third-order valence-corrected chi connectivity index (χ3v) is 5.00. The Kier molecular flexibility index (Phi) is 9.07. The molecule has 3 unspecified atom stereocenters. The van der Waals surface area contributed by atoms with Crippen LogP contribution in [-0.4, -0.2) is 59.5 Å². The van der Waals surface area contributed by atoms with Gasteiger partial charge in [0.15, 0.2) is 6.29 Å². The van der Waals surface area contributed by atoms with Crippen LogP contribution >= 0.6 is 15.9 Å². The molecule has 1 aliphatic rings. The zero-order valence-corrected chi connectivity index (χ0v) is 17.7. The van der Waals surface area contributed by atoms with E-state index < -0.39 is 30.7 Å². The number of halogens is 1. The molecule has 5 atom stereocenters. The number of benzene rings is 2. The molecule has 7 heteroatoms. The molecule has 1 saturated heterocycles. The molecule has 2 N–H and O–H groups in total. The molecule has 3 rings (SSSR count). The molecule has 0 saturated carbocycles. The van der Waals surface area contributed by atoms with Crippen molar-refractivity contribution in [3.8, 4) is 0 Å². The van der Waals surface area contributed by atoms with Crippen LogP contribution < -0.4 is 0 Å². The van der Waals surface area contributed by atoms with Crippen molar-refractivity contribution < 1.29 is 29.2 Å². The van der Waals surface area contributed by atoms with Crippen molar-refractivity contribution in [3.05, 3.63) is 71.8 Å². The van der Waals surface area contributed by atoms with E-state index in [-0.39, 0.29) is 6.61 Å². The van der Waals surface area contributed by atoms with Crippen molar-refractivity contribution in [1.29, 1.82) is 0 Å². The summed E-state index contributed by atoms with van der Waals surface area (Å²) in [5.74, 6) is 0. The van der Waals surface area contributed by atoms with Gasteiger partial charge >= 0.3 is 0 Å². The van der Waals surface area contributed by atoms with Gasteiger partial charge in [-0.05, 0) is 11.1 Å². The Labute approximate surface area is 179 Å². The second-order valence-corrected chi connectivity index (χ2v) is 7.64. The summed E-state index contributed by atoms with van der Waals surface area (Å²) < 4.78 is 23.2. The zero-order valence-electron chi connectivity index (χ0n) is 16.1. The lowest BCUT2D eigenvalue weighted by atomic mass is 9.99. The quantitative estimate of drug-likeness (QED) is 0.524. The van der Waals surface area contributed by atoms with Crippen molar-refractivity contribution in [2.24, 2.45) is 0 Å². The highest BCUT2D eigenvalue weighted by Crippen LogP contribution is 2.26. The molecule has 0 bridgehead atoms. The fourth-order valence-electron chi connectivity index (χ4n) is 3.18. The van der Waals surface area contributed by atoms with Crippen LogP contribution in [0.25, 0.3) is 0 Å². The minimum absolute atomic E-state index is 0.201. The number of hydrogen-bond acceptors (Lipinski definition) is 6. The second-order valence-electron chi connectivity index (χ2n) is 6.85. The van der Waals surface area contributed by atoms with Gasteiger partial charge in [0.1, 0.15) is 24.4 Å². The minimum Gasteiger partial charge on any atom is -0.387 e. The Morgan fingerprint density at radius 3 is 2.07 bits per heavy atom. The van der Waals surface area contributed by atoms with Crippen LogP contribution in [0, 0.1) is 0 Å². The van der Waals surface area contributed by atoms with Crippen LogP contribution in [0.15, 0.2) is 60.7 Å². The Morgan fingerprint density at radius 2 is 1.45 bits per heavy atom. The average molecular weight is 467 g/mol. The maximum absolute atomic E-state index is 10.7. The summed E-state index contributed by atoms with van der Waals surface area (Å²) in [6, 6.07) is 19.5. The summed E-state index contributed by atoms with van der Waals surface area (Å²) in [5, 5.41) is 21.7. The van der Waals surface area contributed by atoms with Gasteiger partial charge < -0.3 is 29.2 Å². The summed E-state index contributed by atoms with van der Waals surface area (Å²) in [5.41, 5.74) is 2.01. The topological polar surface area (TPSA) is 77.4 Å². The van der Waals surface area contributed by atoms with Crippen LogP contribution in [-0.2, 0) is 32.2 Å². The first kappa shape index (κ1) is 22.4. The van der Waals surface area contributed by atoms with Crippen LogP contribution in [0.3, 0.4) is 0 Å². The molecular weight excluding hydrogens is 440 g/mol. The zero-order chi connectivity index (χ0) is 20.5. The number of rotatable bonds is 10. The summed E-state index contributed by atoms with van der Waals surface area (Å²) in [4.78, 5) is 0. The lowest BCUT2D eigenvalue weighted by Gasteiger charge is -2.42. The van der Waals surface area contributed by atoms with Gasteiger partial charge in [0.2, 0.25) is 0 Å². The number of aliphatic hydroxyl groups excluding tert-OH is 2. The SMILES string of the molecule is OC1C(O)[C@H](OCc2ccccc2)C(COCc2ccccc2)O[C@@H]1OCCBr. The molecule has 1 aliphatic heterocycles. The van der Waals surface area contributed by atoms with Gasteiger partial charge in [0.25, 0.3) is 0 Å². The van der Waals surface area contributed by atoms with Gasteiger partial charge in [0.05, 0.1) is 26.4 Å². The third kappa shape index (κ3) is 6.58. The summed E-state index contributed by atoms with van der Waals surface area (Å²) >= 11 is 3.28. The molecule has 6 nitrogen and oxygen atoms in total. The van der Waals surface area contributed by atoms with Crippen molar-refractivity contribution in [2.45, 2.75) is 43.9 Å². The maximum Gasteiger partial charge on any atom is 0.186 e. The molecule has 1 fully saturated rings. The van der Waals surface area contributed by atoms with E-state index >= 15 is 0 Å². The predicted molar refractivity (Wildman–Crippen MR) is 112 cm³/mol. The highest BCUT2D eigenvalue weighted by atomic mass is 79.9. The number of hydrogen-bond donors (Lipinski definition) is 2. The molecule has 0 aromatic heterocycles. The minimum atomic E-state index is -1.21. The van der Waals surface area contributed by atoms with Crippen molar-refractivity contribution in [3.63, 3.8) is 0 Å². The van der Waals surface area contributed by atoms with Gasteiger partial charge in [-0.1, -0.05) is 76.6 Å². The lowest BCUT2D eigenvalue weighted by Crippen LogP contribution is -2.60. The van der Waals surface area contributed by atoms with Gasteiger partial charge in [-0.2, -0.15) is 0 Å². The second kappa shape index (κ2) is 11.8. The first-order chi connectivity index (χ1) is 14.2. The number of alkyl halides is 1. The summed E-state index contributed by atoms with van der Waals surface area (Å²) in [6.07, 6.45) is -4.63. The fourth-order valence-corrected chi connectivity index (χ4v) is 3.36. The Bertz CT molecular complexity index is 701. The maximum atomic E-state index is 10.7. The van der Waals surface area contributed by atoms with E-state index in [2.05, 4.69) is 15.9 Å². The van der Waals surface area contributed by atoms with Gasteiger partial charge in [-0.25, -0.2) is 0 Å². The summed E-state index contributed by atoms with van der Waals surface area (Å²) in [7, 11) is 0. The third-order valence-electron chi connectivity index (χ3n) is 4.68. The molecule has 158 valence electrons. The van der Waals surface area contributed by atoms with E-state index in [0.29, 0.717) is 25.2 Å². The van der Waals surface area contributed by atoms with Crippen molar-refractivity contribution >= 4 is 15.9 Å². The van der Waals surface area contributed by atoms with E-state index in [4.69, 9.17) is 18.9 Å². The van der Waals surface area contributed by atoms with E-state index in [1.54, 1.807) is 0 Å². The highest BCUT2D eigenvalue weighted by Gasteiger charge is 2.45. The number of aliphatic hydroxyl groups is 2. The smallest absolute Gasteiger partial charge is 0.186 e. The van der Waals surface area contributed by atoms with E-state index in [0.717, 1.165) is 11.1 Å². The molecular formula is C22H27BrO6. The molecule has 0 aliphatic carbocycles. The van der Waals surface area contributed by atoms with Crippen molar-refractivity contribution in [2.75, 3.05) is 18.5 Å². The van der Waals surface area contributed by atoms with Crippen LogP contribution in [0.2, 0.25) is 0 Å². The van der Waals surface area contributed by atoms with Crippen LogP contribution in [0.1, 0.15) is 11.1 Å². The van der Waals surface area contributed by atoms with E-state index in [1.165, 1.54) is 0 Å². The van der Waals surface area contributed by atoms with Crippen LogP contribution in [0.4, 0.5) is 0 Å².